The number of carbonyl (C=O) groups excluding carboxylic acids is 1. The van der Waals surface area contributed by atoms with E-state index in [9.17, 15) is 4.79 Å². The summed E-state index contributed by atoms with van der Waals surface area (Å²) in [6.45, 7) is 6.40. The van der Waals surface area contributed by atoms with Gasteiger partial charge in [-0.2, -0.15) is 5.48 Å². The number of hydroxylamine groups is 1. The molecule has 0 aromatic carbocycles. The summed E-state index contributed by atoms with van der Waals surface area (Å²) >= 11 is 0. The Morgan fingerprint density at radius 1 is 1.06 bits per heavy atom. The van der Waals surface area contributed by atoms with Crippen LogP contribution in [0.25, 0.3) is 0 Å². The van der Waals surface area contributed by atoms with Crippen molar-refractivity contribution in [3.8, 4) is 0 Å². The maximum Gasteiger partial charge on any atom is 0.410 e. The fourth-order valence-electron chi connectivity index (χ4n) is 6.40. The molecule has 0 aromatic heterocycles. The van der Waals surface area contributed by atoms with E-state index in [0.717, 1.165) is 70.9 Å². The lowest BCUT2D eigenvalue weighted by molar-refractivity contribution is -0.0397. The van der Waals surface area contributed by atoms with E-state index in [4.69, 9.17) is 14.3 Å². The van der Waals surface area contributed by atoms with Crippen LogP contribution in [0.4, 0.5) is 4.79 Å². The van der Waals surface area contributed by atoms with Gasteiger partial charge in [0.15, 0.2) is 0 Å². The van der Waals surface area contributed by atoms with Crippen LogP contribution < -0.4 is 16.2 Å². The first-order valence-corrected chi connectivity index (χ1v) is 12.8. The summed E-state index contributed by atoms with van der Waals surface area (Å²) in [6, 6.07) is 1.11. The van der Waals surface area contributed by atoms with Gasteiger partial charge in [0.25, 0.3) is 0 Å². The van der Waals surface area contributed by atoms with Crippen molar-refractivity contribution in [1.29, 1.82) is 0 Å². The predicted octanol–water partition coefficient (Wildman–Crippen LogP) is 1.56. The number of likely N-dealkylation sites (tertiary alicyclic amines) is 1. The third-order valence-corrected chi connectivity index (χ3v) is 8.84. The standard InChI is InChI=1S/C23H39N5O4/c1-23(7-8-23)31-22(29)27-9-4-15(5-10-27)20-25-21(32-26-20)16-2-3-17-13-24-28(19(17)12-16)18-6-11-30-14-18/h15-21,24-26H,2-14H2,1H3/t16?,17?,18-,19?,20?,21?/m0/s1. The highest BCUT2D eigenvalue weighted by molar-refractivity contribution is 5.68. The fraction of sp³-hybridized carbons (Fsp3) is 0.957. The number of nitrogens with one attached hydrogen (secondary N) is 3. The van der Waals surface area contributed by atoms with Crippen molar-refractivity contribution >= 4 is 6.09 Å². The predicted molar refractivity (Wildman–Crippen MR) is 117 cm³/mol. The van der Waals surface area contributed by atoms with Gasteiger partial charge < -0.3 is 14.4 Å². The lowest BCUT2D eigenvalue weighted by Gasteiger charge is -2.39. The van der Waals surface area contributed by atoms with Crippen LogP contribution in [0.15, 0.2) is 0 Å². The van der Waals surface area contributed by atoms with E-state index < -0.39 is 0 Å². The number of ether oxygens (including phenoxy) is 2. The topological polar surface area (TPSA) is 87.3 Å². The molecule has 2 saturated carbocycles. The molecule has 6 fully saturated rings. The second kappa shape index (κ2) is 8.67. The second-order valence-electron chi connectivity index (χ2n) is 11.1. The highest BCUT2D eigenvalue weighted by Gasteiger charge is 2.47. The van der Waals surface area contributed by atoms with Gasteiger partial charge in [-0.05, 0) is 70.1 Å². The molecule has 0 aromatic rings. The van der Waals surface area contributed by atoms with Gasteiger partial charge in [0.1, 0.15) is 11.8 Å². The van der Waals surface area contributed by atoms with Crippen LogP contribution in [-0.4, -0.2) is 78.9 Å². The molecule has 32 heavy (non-hydrogen) atoms. The van der Waals surface area contributed by atoms with E-state index in [1.54, 1.807) is 0 Å². The maximum absolute atomic E-state index is 12.4. The Balaban J connectivity index is 0.988. The molecule has 6 rings (SSSR count). The molecule has 0 bridgehead atoms. The number of carbonyl (C=O) groups is 1. The summed E-state index contributed by atoms with van der Waals surface area (Å²) in [5.41, 5.74) is 6.78. The number of nitrogens with zero attached hydrogens (tertiary/aromatic N) is 2. The van der Waals surface area contributed by atoms with Crippen LogP contribution in [0.2, 0.25) is 0 Å². The second-order valence-corrected chi connectivity index (χ2v) is 11.1. The van der Waals surface area contributed by atoms with E-state index in [1.165, 1.54) is 19.3 Å². The molecule has 6 aliphatic rings. The first kappa shape index (κ1) is 21.6. The smallest absolute Gasteiger partial charge is 0.410 e. The van der Waals surface area contributed by atoms with Crippen LogP contribution in [0.1, 0.15) is 58.3 Å². The average molecular weight is 450 g/mol. The Morgan fingerprint density at radius 3 is 2.62 bits per heavy atom. The van der Waals surface area contributed by atoms with Crippen molar-refractivity contribution in [3.63, 3.8) is 0 Å². The molecule has 0 spiro atoms. The van der Waals surface area contributed by atoms with Crippen molar-refractivity contribution in [1.82, 2.24) is 26.1 Å². The van der Waals surface area contributed by atoms with Crippen molar-refractivity contribution in [3.05, 3.63) is 0 Å². The van der Waals surface area contributed by atoms with Crippen LogP contribution in [0.5, 0.6) is 0 Å². The quantitative estimate of drug-likeness (QED) is 0.596. The minimum atomic E-state index is -0.197. The van der Waals surface area contributed by atoms with Gasteiger partial charge in [-0.15, -0.1) is 0 Å². The molecule has 3 N–H and O–H groups in total. The molecule has 4 aliphatic heterocycles. The number of amides is 1. The number of hydrazine groups is 1. The van der Waals surface area contributed by atoms with Crippen molar-refractivity contribution < 1.29 is 19.1 Å². The van der Waals surface area contributed by atoms with Gasteiger partial charge >= 0.3 is 6.09 Å². The summed E-state index contributed by atoms with van der Waals surface area (Å²) in [5, 5.41) is 6.27. The monoisotopic (exact) mass is 449 g/mol. The highest BCUT2D eigenvalue weighted by atomic mass is 16.7. The molecule has 1 amide bonds. The fourth-order valence-corrected chi connectivity index (χ4v) is 6.40. The molecule has 4 saturated heterocycles. The molecular formula is C23H39N5O4. The van der Waals surface area contributed by atoms with Crippen LogP contribution in [-0.2, 0) is 14.3 Å². The van der Waals surface area contributed by atoms with Crippen LogP contribution in [0.3, 0.4) is 0 Å². The summed E-state index contributed by atoms with van der Waals surface area (Å²) < 4.78 is 11.3. The van der Waals surface area contributed by atoms with Crippen molar-refractivity contribution in [2.24, 2.45) is 17.8 Å². The van der Waals surface area contributed by atoms with Gasteiger partial charge in [0.05, 0.1) is 18.8 Å². The van der Waals surface area contributed by atoms with Gasteiger partial charge in [-0.1, -0.05) is 0 Å². The molecular weight excluding hydrogens is 410 g/mol. The minimum Gasteiger partial charge on any atom is -0.443 e. The third-order valence-electron chi connectivity index (χ3n) is 8.84. The van der Waals surface area contributed by atoms with E-state index in [-0.39, 0.29) is 24.1 Å². The Labute approximate surface area is 190 Å². The summed E-state index contributed by atoms with van der Waals surface area (Å²) in [5.74, 6) is 1.74. The maximum atomic E-state index is 12.4. The van der Waals surface area contributed by atoms with Gasteiger partial charge in [-0.3, -0.25) is 15.6 Å². The number of piperidine rings is 1. The van der Waals surface area contributed by atoms with E-state index >= 15 is 0 Å². The Hall–Kier alpha value is -0.970. The minimum absolute atomic E-state index is 0.0704. The molecule has 4 heterocycles. The molecule has 5 unspecified atom stereocenters. The van der Waals surface area contributed by atoms with Gasteiger partial charge in [0.2, 0.25) is 0 Å². The lowest BCUT2D eigenvalue weighted by atomic mass is 9.77. The Bertz CT molecular complexity index is 692. The van der Waals surface area contributed by atoms with E-state index in [1.807, 2.05) is 11.8 Å². The molecule has 0 radical (unpaired) electrons. The molecule has 6 atom stereocenters. The Kier molecular flexibility index (Phi) is 5.84. The summed E-state index contributed by atoms with van der Waals surface area (Å²) in [7, 11) is 0. The molecule has 9 nitrogen and oxygen atoms in total. The third kappa shape index (κ3) is 4.28. The molecule has 2 aliphatic carbocycles. The molecule has 180 valence electrons. The number of rotatable bonds is 4. The first-order valence-electron chi connectivity index (χ1n) is 12.8. The zero-order valence-corrected chi connectivity index (χ0v) is 19.3. The summed E-state index contributed by atoms with van der Waals surface area (Å²) in [6.07, 6.45) is 8.82. The zero-order chi connectivity index (χ0) is 21.7. The van der Waals surface area contributed by atoms with E-state index in [2.05, 4.69) is 21.2 Å². The van der Waals surface area contributed by atoms with Gasteiger partial charge in [-0.25, -0.2) is 9.80 Å². The van der Waals surface area contributed by atoms with Crippen LogP contribution >= 0.6 is 0 Å². The normalized spacial score (nSPS) is 42.2. The lowest BCUT2D eigenvalue weighted by Crippen LogP contribution is -2.51. The molecule has 9 heteroatoms. The number of fused-ring (bicyclic) bond motifs is 1. The number of hydrogen-bond acceptors (Lipinski definition) is 8. The SMILES string of the molecule is CC1(OC(=O)N2CCC(C3NOC(C4CCC5CNN([C@H]6CCOC6)C5C4)N3)CC2)CC1. The first-order chi connectivity index (χ1) is 15.6. The Morgan fingerprint density at radius 2 is 1.88 bits per heavy atom. The van der Waals surface area contributed by atoms with Crippen molar-refractivity contribution in [2.75, 3.05) is 32.8 Å². The average Bonchev–Trinajstić information content (AvgIpc) is 3.29. The number of hydrogen-bond donors (Lipinski definition) is 3. The zero-order valence-electron chi connectivity index (χ0n) is 19.3. The van der Waals surface area contributed by atoms with Crippen LogP contribution in [0, 0.1) is 17.8 Å². The largest absolute Gasteiger partial charge is 0.443 e. The highest BCUT2D eigenvalue weighted by Crippen LogP contribution is 2.40. The summed E-state index contributed by atoms with van der Waals surface area (Å²) in [4.78, 5) is 20.3. The van der Waals surface area contributed by atoms with E-state index in [0.29, 0.717) is 23.9 Å². The van der Waals surface area contributed by atoms with Gasteiger partial charge in [0, 0.05) is 38.2 Å². The van der Waals surface area contributed by atoms with Crippen molar-refractivity contribution in [2.45, 2.75) is 88.4 Å².